The summed E-state index contributed by atoms with van der Waals surface area (Å²) in [5.41, 5.74) is 11.3. The van der Waals surface area contributed by atoms with Crippen molar-refractivity contribution in [3.63, 3.8) is 0 Å². The molecule has 0 spiro atoms. The zero-order chi connectivity index (χ0) is 19.5. The van der Waals surface area contributed by atoms with E-state index in [0.29, 0.717) is 5.69 Å². The predicted molar refractivity (Wildman–Crippen MR) is 116 cm³/mol. The molecule has 28 heavy (non-hydrogen) atoms. The Morgan fingerprint density at radius 3 is 2.57 bits per heavy atom. The molecular formula is C23H28N4O. The largest absolute Gasteiger partial charge is 0.494 e. The average molecular weight is 377 g/mol. The first-order valence-corrected chi connectivity index (χ1v) is 9.91. The number of piperazine rings is 1. The summed E-state index contributed by atoms with van der Waals surface area (Å²) >= 11 is 0. The van der Waals surface area contributed by atoms with Crippen molar-refractivity contribution in [3.8, 4) is 5.75 Å². The molecule has 146 valence electrons. The predicted octanol–water partition coefficient (Wildman–Crippen LogP) is 3.50. The van der Waals surface area contributed by atoms with Gasteiger partial charge in [-0.3, -0.25) is 9.88 Å². The van der Waals surface area contributed by atoms with E-state index in [9.17, 15) is 0 Å². The minimum absolute atomic E-state index is 0.712. The van der Waals surface area contributed by atoms with Gasteiger partial charge in [0.2, 0.25) is 0 Å². The monoisotopic (exact) mass is 376 g/mol. The van der Waals surface area contributed by atoms with Crippen molar-refractivity contribution < 1.29 is 4.74 Å². The molecule has 4 rings (SSSR count). The number of nitrogen functional groups attached to an aromatic ring is 1. The van der Waals surface area contributed by atoms with Crippen molar-refractivity contribution in [2.45, 2.75) is 13.3 Å². The van der Waals surface area contributed by atoms with Crippen LogP contribution in [0.25, 0.3) is 10.9 Å². The number of fused-ring (bicyclic) bond motifs is 1. The Morgan fingerprint density at radius 2 is 1.79 bits per heavy atom. The van der Waals surface area contributed by atoms with Gasteiger partial charge in [-0.1, -0.05) is 30.3 Å². The van der Waals surface area contributed by atoms with Gasteiger partial charge in [-0.2, -0.15) is 0 Å². The lowest BCUT2D eigenvalue weighted by Crippen LogP contribution is -2.47. The number of anilines is 2. The third-order valence-corrected chi connectivity index (χ3v) is 5.58. The summed E-state index contributed by atoms with van der Waals surface area (Å²) in [6.07, 6.45) is 0.948. The first kappa shape index (κ1) is 18.6. The summed E-state index contributed by atoms with van der Waals surface area (Å²) in [5, 5.41) is 1.21. The Hall–Kier alpha value is -2.79. The van der Waals surface area contributed by atoms with Crippen molar-refractivity contribution in [2.24, 2.45) is 0 Å². The van der Waals surface area contributed by atoms with Crippen LogP contribution in [0.4, 0.5) is 11.4 Å². The van der Waals surface area contributed by atoms with Crippen molar-refractivity contribution in [1.82, 2.24) is 9.88 Å². The zero-order valence-electron chi connectivity index (χ0n) is 16.7. The number of para-hydroxylation sites is 2. The Labute approximate surface area is 166 Å². The smallest absolute Gasteiger partial charge is 0.144 e. The van der Waals surface area contributed by atoms with E-state index in [0.717, 1.165) is 56.1 Å². The Morgan fingerprint density at radius 1 is 1.00 bits per heavy atom. The fourth-order valence-corrected chi connectivity index (χ4v) is 4.03. The van der Waals surface area contributed by atoms with E-state index in [1.165, 1.54) is 16.6 Å². The molecule has 0 bridgehead atoms. The number of aromatic nitrogens is 1. The number of nitrogens with two attached hydrogens (primary N) is 1. The third kappa shape index (κ3) is 3.76. The van der Waals surface area contributed by atoms with Gasteiger partial charge in [0.15, 0.2) is 0 Å². The topological polar surface area (TPSA) is 54.6 Å². The maximum Gasteiger partial charge on any atom is 0.144 e. The zero-order valence-corrected chi connectivity index (χ0v) is 16.7. The van der Waals surface area contributed by atoms with Crippen molar-refractivity contribution in [1.29, 1.82) is 0 Å². The summed E-state index contributed by atoms with van der Waals surface area (Å²) in [4.78, 5) is 9.77. The SMILES string of the molecule is COc1c(N)cccc1CCN1CCN(c2cccc3ccc(C)nc23)CC1. The molecule has 2 heterocycles. The fraction of sp³-hybridized carbons (Fsp3) is 0.348. The standard InChI is InChI=1S/C23H28N4O/c1-17-9-10-18-5-4-8-21(22(18)25-17)27-15-13-26(14-16-27)12-11-19-6-3-7-20(24)23(19)28-2/h3-10H,11-16,24H2,1-2H3. The van der Waals surface area contributed by atoms with Crippen LogP contribution in [0, 0.1) is 6.92 Å². The second-order valence-electron chi connectivity index (χ2n) is 7.42. The fourth-order valence-electron chi connectivity index (χ4n) is 4.03. The number of rotatable bonds is 5. The van der Waals surface area contributed by atoms with Crippen molar-refractivity contribution in [3.05, 3.63) is 59.8 Å². The lowest BCUT2D eigenvalue weighted by molar-refractivity contribution is 0.260. The van der Waals surface area contributed by atoms with Gasteiger partial charge in [-0.15, -0.1) is 0 Å². The molecule has 1 aliphatic rings. The van der Waals surface area contributed by atoms with Crippen LogP contribution < -0.4 is 15.4 Å². The number of hydrogen-bond donors (Lipinski definition) is 1. The van der Waals surface area contributed by atoms with Gasteiger partial charge in [-0.25, -0.2) is 0 Å². The van der Waals surface area contributed by atoms with E-state index in [2.05, 4.69) is 53.1 Å². The average Bonchev–Trinajstić information content (AvgIpc) is 2.72. The number of nitrogens with zero attached hydrogens (tertiary/aromatic N) is 3. The summed E-state index contributed by atoms with van der Waals surface area (Å²) in [6, 6.07) is 16.7. The van der Waals surface area contributed by atoms with Crippen LogP contribution in [0.5, 0.6) is 5.75 Å². The molecule has 0 unspecified atom stereocenters. The number of hydrogen-bond acceptors (Lipinski definition) is 5. The highest BCUT2D eigenvalue weighted by atomic mass is 16.5. The van der Waals surface area contributed by atoms with Gasteiger partial charge < -0.3 is 15.4 Å². The van der Waals surface area contributed by atoms with Gasteiger partial charge in [0, 0.05) is 43.8 Å². The van der Waals surface area contributed by atoms with Crippen LogP contribution >= 0.6 is 0 Å². The van der Waals surface area contributed by atoms with Gasteiger partial charge >= 0.3 is 0 Å². The summed E-state index contributed by atoms with van der Waals surface area (Å²) in [7, 11) is 1.69. The molecule has 1 fully saturated rings. The summed E-state index contributed by atoms with van der Waals surface area (Å²) in [5.74, 6) is 0.818. The Balaban J connectivity index is 1.41. The van der Waals surface area contributed by atoms with Gasteiger partial charge in [0.25, 0.3) is 0 Å². The quantitative estimate of drug-likeness (QED) is 0.691. The second kappa shape index (κ2) is 8.07. The maximum atomic E-state index is 6.03. The minimum atomic E-state index is 0.712. The Kier molecular flexibility index (Phi) is 5.35. The molecule has 2 aromatic carbocycles. The molecule has 1 aromatic heterocycles. The van der Waals surface area contributed by atoms with Crippen LogP contribution in [0.1, 0.15) is 11.3 Å². The van der Waals surface area contributed by atoms with Crippen LogP contribution in [0.3, 0.4) is 0 Å². The highest BCUT2D eigenvalue weighted by molar-refractivity contribution is 5.91. The van der Waals surface area contributed by atoms with E-state index < -0.39 is 0 Å². The number of aryl methyl sites for hydroxylation is 1. The molecule has 2 N–H and O–H groups in total. The molecule has 5 heteroatoms. The summed E-state index contributed by atoms with van der Waals surface area (Å²) < 4.78 is 5.48. The number of benzene rings is 2. The van der Waals surface area contributed by atoms with E-state index in [1.807, 2.05) is 12.1 Å². The van der Waals surface area contributed by atoms with Crippen molar-refractivity contribution >= 4 is 22.3 Å². The van der Waals surface area contributed by atoms with E-state index in [-0.39, 0.29) is 0 Å². The molecule has 0 amide bonds. The van der Waals surface area contributed by atoms with Crippen LogP contribution in [-0.4, -0.2) is 49.7 Å². The Bertz CT molecular complexity index is 964. The van der Waals surface area contributed by atoms with Crippen LogP contribution in [0.2, 0.25) is 0 Å². The molecular weight excluding hydrogens is 348 g/mol. The molecule has 5 nitrogen and oxygen atoms in total. The van der Waals surface area contributed by atoms with E-state index in [1.54, 1.807) is 7.11 Å². The van der Waals surface area contributed by atoms with Gasteiger partial charge in [0.1, 0.15) is 5.75 Å². The van der Waals surface area contributed by atoms with E-state index in [4.69, 9.17) is 15.5 Å². The normalized spacial score (nSPS) is 15.1. The molecule has 0 aliphatic carbocycles. The molecule has 1 saturated heterocycles. The first-order valence-electron chi connectivity index (χ1n) is 9.91. The molecule has 0 saturated carbocycles. The summed E-state index contributed by atoms with van der Waals surface area (Å²) in [6.45, 7) is 7.20. The van der Waals surface area contributed by atoms with Crippen molar-refractivity contribution in [2.75, 3.05) is 50.5 Å². The highest BCUT2D eigenvalue weighted by Gasteiger charge is 2.19. The molecule has 1 aliphatic heterocycles. The maximum absolute atomic E-state index is 6.03. The first-order chi connectivity index (χ1) is 13.7. The lowest BCUT2D eigenvalue weighted by Gasteiger charge is -2.36. The van der Waals surface area contributed by atoms with Gasteiger partial charge in [-0.05, 0) is 37.1 Å². The molecule has 0 radical (unpaired) electrons. The van der Waals surface area contributed by atoms with Gasteiger partial charge in [0.05, 0.1) is 24.0 Å². The minimum Gasteiger partial charge on any atom is -0.494 e. The van der Waals surface area contributed by atoms with E-state index >= 15 is 0 Å². The number of methoxy groups -OCH3 is 1. The van der Waals surface area contributed by atoms with Crippen LogP contribution in [-0.2, 0) is 6.42 Å². The third-order valence-electron chi connectivity index (χ3n) is 5.58. The number of pyridine rings is 1. The molecule has 0 atom stereocenters. The number of ether oxygens (including phenoxy) is 1. The second-order valence-corrected chi connectivity index (χ2v) is 7.42. The highest BCUT2D eigenvalue weighted by Crippen LogP contribution is 2.28. The lowest BCUT2D eigenvalue weighted by atomic mass is 10.1. The van der Waals surface area contributed by atoms with Crippen LogP contribution in [0.15, 0.2) is 48.5 Å². The molecule has 3 aromatic rings.